The van der Waals surface area contributed by atoms with E-state index in [1.165, 1.54) is 32.7 Å². The smallest absolute Gasteiger partial charge is 0.351 e. The van der Waals surface area contributed by atoms with Gasteiger partial charge in [0.25, 0.3) is 0 Å². The van der Waals surface area contributed by atoms with Crippen LogP contribution in [-0.2, 0) is 28.5 Å². The fourth-order valence-electron chi connectivity index (χ4n) is 5.06. The Kier molecular flexibility index (Phi) is 14.7. The summed E-state index contributed by atoms with van der Waals surface area (Å²) < 4.78 is 25.2. The lowest BCUT2D eigenvalue weighted by atomic mass is 10.1. The largest absolute Gasteiger partial charge is 0.462 e. The molecule has 0 bridgehead atoms. The number of nitrogen functional groups attached to an aromatic ring is 2. The van der Waals surface area contributed by atoms with Crippen molar-refractivity contribution in [2.45, 2.75) is 100 Å². The first-order valence-electron chi connectivity index (χ1n) is 15.8. The topological polar surface area (TPSA) is 193 Å². The second kappa shape index (κ2) is 18.9. The third kappa shape index (κ3) is 11.9. The number of aromatic nitrogens is 4. The van der Waals surface area contributed by atoms with Gasteiger partial charge in [0.15, 0.2) is 0 Å². The number of unbranched alkanes of at least 4 members (excludes halogenated alkanes) is 9. The molecule has 4 N–H and O–H groups in total. The van der Waals surface area contributed by atoms with E-state index >= 15 is 0 Å². The second-order valence-electron chi connectivity index (χ2n) is 11.2. The standard InChI is InChI=1S/C30H44N6O8S2/c31-21-13-15-35(29(39)33-21)23-19-45-27(43-23)17-41-25(37)11-9-7-5-3-1-2-4-6-8-10-12-26(38)42-18-28-44-24(20-46-28)36-16-14-22(32)34-30(36)40/h13-16,23-24,27-28H,1-12,17-20H2,(H2,31,33,39)(H2,32,34,40)/t23-,24-,27+,28+/m0/s1. The number of thioether (sulfide) groups is 2. The van der Waals surface area contributed by atoms with E-state index in [1.54, 1.807) is 24.5 Å². The number of rotatable bonds is 19. The molecular weight excluding hydrogens is 636 g/mol. The predicted octanol–water partition coefficient (Wildman–Crippen LogP) is 3.61. The molecule has 0 saturated carbocycles. The summed E-state index contributed by atoms with van der Waals surface area (Å²) in [5.41, 5.74) is 9.51. The number of carbonyl (C=O) groups is 2. The lowest BCUT2D eigenvalue weighted by Gasteiger charge is -2.14. The van der Waals surface area contributed by atoms with E-state index in [2.05, 4.69) is 9.97 Å². The summed E-state index contributed by atoms with van der Waals surface area (Å²) in [5, 5.41) is 0. The Hall–Kier alpha value is -3.08. The molecule has 0 amide bonds. The number of ether oxygens (including phenoxy) is 4. The number of hydrogen-bond acceptors (Lipinski definition) is 14. The summed E-state index contributed by atoms with van der Waals surface area (Å²) in [7, 11) is 0. The molecule has 0 unspecified atom stereocenters. The molecule has 14 nitrogen and oxygen atoms in total. The van der Waals surface area contributed by atoms with Crippen molar-refractivity contribution < 1.29 is 28.5 Å². The van der Waals surface area contributed by atoms with Crippen molar-refractivity contribution in [1.82, 2.24) is 19.1 Å². The van der Waals surface area contributed by atoms with E-state index in [4.69, 9.17) is 30.4 Å². The van der Waals surface area contributed by atoms with E-state index in [0.717, 1.165) is 64.2 Å². The minimum Gasteiger partial charge on any atom is -0.462 e. The third-order valence-corrected chi connectivity index (χ3v) is 9.76. The van der Waals surface area contributed by atoms with Gasteiger partial charge in [0.2, 0.25) is 0 Å². The molecule has 2 saturated heterocycles. The predicted molar refractivity (Wildman–Crippen MR) is 176 cm³/mol. The normalized spacial score (nSPS) is 21.0. The number of hydrogen-bond donors (Lipinski definition) is 2. The molecule has 4 heterocycles. The summed E-state index contributed by atoms with van der Waals surface area (Å²) >= 11 is 2.99. The fourth-order valence-corrected chi connectivity index (χ4v) is 7.04. The quantitative estimate of drug-likeness (QED) is 0.161. The van der Waals surface area contributed by atoms with Gasteiger partial charge in [0, 0.05) is 36.7 Å². The van der Waals surface area contributed by atoms with Crippen molar-refractivity contribution in [3.63, 3.8) is 0 Å². The number of esters is 2. The number of nitrogens with zero attached hydrogens (tertiary/aromatic N) is 4. The molecule has 4 atom stereocenters. The maximum Gasteiger partial charge on any atom is 0.351 e. The third-order valence-electron chi connectivity index (χ3n) is 7.56. The monoisotopic (exact) mass is 680 g/mol. The van der Waals surface area contributed by atoms with Gasteiger partial charge in [-0.3, -0.25) is 18.7 Å². The van der Waals surface area contributed by atoms with Crippen LogP contribution < -0.4 is 22.8 Å². The first kappa shape index (κ1) is 35.8. The summed E-state index contributed by atoms with van der Waals surface area (Å²) in [6, 6.07) is 3.10. The molecule has 0 spiro atoms. The molecule has 2 aliphatic heterocycles. The van der Waals surface area contributed by atoms with Crippen LogP contribution in [0.4, 0.5) is 11.6 Å². The highest BCUT2D eigenvalue weighted by Crippen LogP contribution is 2.32. The molecule has 0 aliphatic carbocycles. The van der Waals surface area contributed by atoms with Crippen molar-refractivity contribution in [2.75, 3.05) is 36.2 Å². The van der Waals surface area contributed by atoms with Gasteiger partial charge in [-0.1, -0.05) is 51.4 Å². The van der Waals surface area contributed by atoms with Crippen molar-refractivity contribution in [3.05, 3.63) is 45.5 Å². The average molecular weight is 681 g/mol. The van der Waals surface area contributed by atoms with Crippen LogP contribution in [0.15, 0.2) is 34.1 Å². The number of nitrogens with two attached hydrogens (primary N) is 2. The highest BCUT2D eigenvalue weighted by atomic mass is 32.2. The van der Waals surface area contributed by atoms with E-state index in [9.17, 15) is 19.2 Å². The maximum absolute atomic E-state index is 12.1. The molecule has 2 fully saturated rings. The summed E-state index contributed by atoms with van der Waals surface area (Å²) in [6.07, 6.45) is 13.4. The van der Waals surface area contributed by atoms with E-state index in [-0.39, 0.29) is 47.7 Å². The van der Waals surface area contributed by atoms with Crippen molar-refractivity contribution in [2.24, 2.45) is 0 Å². The Morgan fingerprint density at radius 2 is 1.07 bits per heavy atom. The summed E-state index contributed by atoms with van der Waals surface area (Å²) in [5.74, 6) is 1.01. The van der Waals surface area contributed by atoms with Crippen LogP contribution in [0, 0.1) is 0 Å². The molecule has 2 aliphatic rings. The van der Waals surface area contributed by atoms with E-state index < -0.39 is 23.8 Å². The molecule has 0 aromatic carbocycles. The zero-order chi connectivity index (χ0) is 32.7. The number of carbonyl (C=O) groups excluding carboxylic acids is 2. The first-order chi connectivity index (χ1) is 22.3. The Bertz CT molecular complexity index is 1290. The van der Waals surface area contributed by atoms with Gasteiger partial charge in [-0.25, -0.2) is 9.59 Å². The van der Waals surface area contributed by atoms with Crippen molar-refractivity contribution in [3.8, 4) is 0 Å². The Morgan fingerprint density at radius 3 is 1.43 bits per heavy atom. The van der Waals surface area contributed by atoms with E-state index in [1.807, 2.05) is 0 Å². The van der Waals surface area contributed by atoms with Crippen LogP contribution in [0.1, 0.15) is 89.5 Å². The molecule has 46 heavy (non-hydrogen) atoms. The zero-order valence-corrected chi connectivity index (χ0v) is 27.6. The van der Waals surface area contributed by atoms with Gasteiger partial charge in [-0.15, -0.1) is 23.5 Å². The fraction of sp³-hybridized carbons (Fsp3) is 0.667. The van der Waals surface area contributed by atoms with Gasteiger partial charge < -0.3 is 30.4 Å². The molecule has 2 aromatic heterocycles. The van der Waals surface area contributed by atoms with Crippen LogP contribution in [0.25, 0.3) is 0 Å². The Balaban J connectivity index is 0.909. The molecule has 16 heteroatoms. The molecule has 2 aromatic rings. The zero-order valence-electron chi connectivity index (χ0n) is 26.0. The van der Waals surface area contributed by atoms with Gasteiger partial charge in [-0.05, 0) is 25.0 Å². The average Bonchev–Trinajstić information content (AvgIpc) is 3.69. The molecular formula is C30H44N6O8S2. The summed E-state index contributed by atoms with van der Waals surface area (Å²) in [6.45, 7) is 0.309. The minimum atomic E-state index is -0.463. The summed E-state index contributed by atoms with van der Waals surface area (Å²) in [4.78, 5) is 55.6. The number of anilines is 2. The Labute approximate surface area is 276 Å². The molecule has 0 radical (unpaired) electrons. The SMILES string of the molecule is Nc1ccn([C@@H]2CS[C@H](COC(=O)CCCCCCCCCCCCC(=O)OC[C@@H]3O[C@H](n4ccc(N)nc4=O)CS3)O2)c(=O)n1. The van der Waals surface area contributed by atoms with E-state index in [0.29, 0.717) is 24.3 Å². The Morgan fingerprint density at radius 1 is 0.696 bits per heavy atom. The second-order valence-corrected chi connectivity index (χ2v) is 13.6. The highest BCUT2D eigenvalue weighted by molar-refractivity contribution is 8.00. The van der Waals surface area contributed by atoms with Crippen LogP contribution in [0.3, 0.4) is 0 Å². The van der Waals surface area contributed by atoms with Crippen LogP contribution in [0.2, 0.25) is 0 Å². The molecule has 4 rings (SSSR count). The van der Waals surface area contributed by atoms with Gasteiger partial charge >= 0.3 is 23.3 Å². The molecule has 254 valence electrons. The highest BCUT2D eigenvalue weighted by Gasteiger charge is 2.30. The first-order valence-corrected chi connectivity index (χ1v) is 17.9. The van der Waals surface area contributed by atoms with Crippen molar-refractivity contribution >= 4 is 47.1 Å². The van der Waals surface area contributed by atoms with Gasteiger partial charge in [-0.2, -0.15) is 9.97 Å². The van der Waals surface area contributed by atoms with Crippen LogP contribution in [-0.4, -0.2) is 66.6 Å². The van der Waals surface area contributed by atoms with Crippen molar-refractivity contribution in [1.29, 1.82) is 0 Å². The van der Waals surface area contributed by atoms with Gasteiger partial charge in [0.05, 0.1) is 0 Å². The maximum atomic E-state index is 12.1. The lowest BCUT2D eigenvalue weighted by molar-refractivity contribution is -0.147. The lowest BCUT2D eigenvalue weighted by Crippen LogP contribution is -2.29. The van der Waals surface area contributed by atoms with Gasteiger partial charge in [0.1, 0.15) is 48.2 Å². The van der Waals surface area contributed by atoms with Crippen LogP contribution >= 0.6 is 23.5 Å². The van der Waals surface area contributed by atoms with Crippen LogP contribution in [0.5, 0.6) is 0 Å². The minimum absolute atomic E-state index is 0.155.